The molecule has 1 amide bonds. The third kappa shape index (κ3) is 5.58. The van der Waals surface area contributed by atoms with E-state index in [4.69, 9.17) is 10.8 Å². The zero-order chi connectivity index (χ0) is 15.7. The molecule has 0 heterocycles. The molecular formula is C17H24N2O2. The Morgan fingerprint density at radius 3 is 2.71 bits per heavy atom. The minimum Gasteiger partial charge on any atom is -0.395 e. The van der Waals surface area contributed by atoms with Crippen LogP contribution in [0.1, 0.15) is 41.3 Å². The molecule has 0 radical (unpaired) electrons. The molecule has 4 nitrogen and oxygen atoms in total. The predicted molar refractivity (Wildman–Crippen MR) is 85.0 cm³/mol. The normalized spacial score (nSPS) is 9.90. The van der Waals surface area contributed by atoms with Gasteiger partial charge in [0.2, 0.25) is 0 Å². The SMILES string of the molecule is CCCCN(CCO)C(=O)c1cc(C)cc(C#CCN)c1. The standard InChI is InChI=1S/C17H24N2O2/c1-3-4-8-19(9-10-20)17(21)16-12-14(2)11-15(13-16)6-5-7-18/h11-13,20H,3-4,7-10,18H2,1-2H3. The number of aliphatic hydroxyl groups is 1. The Kier molecular flexibility index (Phi) is 7.52. The highest BCUT2D eigenvalue weighted by Crippen LogP contribution is 2.12. The molecule has 114 valence electrons. The van der Waals surface area contributed by atoms with Crippen molar-refractivity contribution in [2.45, 2.75) is 26.7 Å². The quantitative estimate of drug-likeness (QED) is 0.780. The molecule has 0 aliphatic carbocycles. The minimum atomic E-state index is -0.0583. The van der Waals surface area contributed by atoms with Gasteiger partial charge in [-0.05, 0) is 37.1 Å². The zero-order valence-corrected chi connectivity index (χ0v) is 12.9. The average Bonchev–Trinajstić information content (AvgIpc) is 2.48. The first-order valence-electron chi connectivity index (χ1n) is 7.33. The number of aliphatic hydroxyl groups excluding tert-OH is 1. The summed E-state index contributed by atoms with van der Waals surface area (Å²) in [5, 5.41) is 9.13. The largest absolute Gasteiger partial charge is 0.395 e. The van der Waals surface area contributed by atoms with Crippen LogP contribution in [0.3, 0.4) is 0 Å². The van der Waals surface area contributed by atoms with Crippen LogP contribution in [0, 0.1) is 18.8 Å². The van der Waals surface area contributed by atoms with Crippen LogP contribution in [0.25, 0.3) is 0 Å². The van der Waals surface area contributed by atoms with Crippen LogP contribution in [-0.2, 0) is 0 Å². The van der Waals surface area contributed by atoms with Crippen LogP contribution in [-0.4, -0.2) is 42.2 Å². The second-order valence-corrected chi connectivity index (χ2v) is 4.96. The third-order valence-electron chi connectivity index (χ3n) is 3.10. The van der Waals surface area contributed by atoms with E-state index in [1.165, 1.54) is 0 Å². The Morgan fingerprint density at radius 1 is 1.33 bits per heavy atom. The summed E-state index contributed by atoms with van der Waals surface area (Å²) in [6.07, 6.45) is 1.94. The molecule has 21 heavy (non-hydrogen) atoms. The number of rotatable bonds is 6. The zero-order valence-electron chi connectivity index (χ0n) is 12.9. The Hall–Kier alpha value is -1.83. The van der Waals surface area contributed by atoms with Crippen molar-refractivity contribution in [3.05, 3.63) is 34.9 Å². The van der Waals surface area contributed by atoms with Gasteiger partial charge in [0.05, 0.1) is 13.2 Å². The van der Waals surface area contributed by atoms with Crippen LogP contribution >= 0.6 is 0 Å². The number of nitrogens with zero attached hydrogens (tertiary/aromatic N) is 1. The van der Waals surface area contributed by atoms with E-state index in [-0.39, 0.29) is 12.5 Å². The van der Waals surface area contributed by atoms with Gasteiger partial charge in [-0.3, -0.25) is 4.79 Å². The molecule has 0 aliphatic heterocycles. The number of hydrogen-bond acceptors (Lipinski definition) is 3. The van der Waals surface area contributed by atoms with Crippen LogP contribution in [0.2, 0.25) is 0 Å². The molecule has 0 atom stereocenters. The van der Waals surface area contributed by atoms with E-state index >= 15 is 0 Å². The van der Waals surface area contributed by atoms with Crippen LogP contribution < -0.4 is 5.73 Å². The van der Waals surface area contributed by atoms with Gasteiger partial charge in [0.1, 0.15) is 0 Å². The van der Waals surface area contributed by atoms with Crippen LogP contribution in [0.4, 0.5) is 0 Å². The molecule has 0 unspecified atom stereocenters. The fourth-order valence-corrected chi connectivity index (χ4v) is 2.10. The topological polar surface area (TPSA) is 66.6 Å². The number of amides is 1. The molecule has 1 aromatic carbocycles. The summed E-state index contributed by atoms with van der Waals surface area (Å²) in [5.74, 6) is 5.70. The lowest BCUT2D eigenvalue weighted by Gasteiger charge is -2.22. The van der Waals surface area contributed by atoms with E-state index in [2.05, 4.69) is 18.8 Å². The molecule has 0 saturated heterocycles. The Labute approximate surface area is 127 Å². The van der Waals surface area contributed by atoms with Crippen molar-refractivity contribution in [3.8, 4) is 11.8 Å². The van der Waals surface area contributed by atoms with Gasteiger partial charge in [0.25, 0.3) is 5.91 Å². The van der Waals surface area contributed by atoms with Gasteiger partial charge in [-0.1, -0.05) is 25.2 Å². The summed E-state index contributed by atoms with van der Waals surface area (Å²) in [5.41, 5.74) is 7.77. The van der Waals surface area contributed by atoms with Crippen LogP contribution in [0.5, 0.6) is 0 Å². The molecule has 0 saturated carbocycles. The highest BCUT2D eigenvalue weighted by atomic mass is 16.3. The number of benzene rings is 1. The number of aryl methyl sites for hydroxylation is 1. The Morgan fingerprint density at radius 2 is 2.10 bits per heavy atom. The highest BCUT2D eigenvalue weighted by molar-refractivity contribution is 5.94. The number of nitrogens with two attached hydrogens (primary N) is 1. The van der Waals surface area contributed by atoms with Crippen molar-refractivity contribution < 1.29 is 9.90 Å². The maximum atomic E-state index is 12.6. The smallest absolute Gasteiger partial charge is 0.253 e. The Balaban J connectivity index is 3.00. The van der Waals surface area contributed by atoms with Crippen molar-refractivity contribution in [1.29, 1.82) is 0 Å². The van der Waals surface area contributed by atoms with E-state index in [0.29, 0.717) is 25.2 Å². The highest BCUT2D eigenvalue weighted by Gasteiger charge is 2.15. The molecule has 0 spiro atoms. The van der Waals surface area contributed by atoms with Gasteiger partial charge in [0.15, 0.2) is 0 Å². The van der Waals surface area contributed by atoms with Gasteiger partial charge >= 0.3 is 0 Å². The van der Waals surface area contributed by atoms with Crippen molar-refractivity contribution >= 4 is 5.91 Å². The van der Waals surface area contributed by atoms with Gasteiger partial charge in [-0.2, -0.15) is 0 Å². The lowest BCUT2D eigenvalue weighted by atomic mass is 10.1. The molecule has 0 aromatic heterocycles. The molecule has 4 heteroatoms. The summed E-state index contributed by atoms with van der Waals surface area (Å²) in [4.78, 5) is 14.3. The van der Waals surface area contributed by atoms with Crippen molar-refractivity contribution in [2.24, 2.45) is 5.73 Å². The van der Waals surface area contributed by atoms with Crippen molar-refractivity contribution in [1.82, 2.24) is 4.90 Å². The van der Waals surface area contributed by atoms with Crippen LogP contribution in [0.15, 0.2) is 18.2 Å². The van der Waals surface area contributed by atoms with Crippen molar-refractivity contribution in [2.75, 3.05) is 26.2 Å². The summed E-state index contributed by atoms with van der Waals surface area (Å²) >= 11 is 0. The second-order valence-electron chi connectivity index (χ2n) is 4.96. The monoisotopic (exact) mass is 288 g/mol. The lowest BCUT2D eigenvalue weighted by Crippen LogP contribution is -2.34. The molecule has 0 fully saturated rings. The van der Waals surface area contributed by atoms with Crippen molar-refractivity contribution in [3.63, 3.8) is 0 Å². The number of hydrogen-bond donors (Lipinski definition) is 2. The van der Waals surface area contributed by atoms with Gasteiger partial charge < -0.3 is 15.7 Å². The predicted octanol–water partition coefficient (Wildman–Crippen LogP) is 1.54. The first-order valence-corrected chi connectivity index (χ1v) is 7.33. The molecule has 1 rings (SSSR count). The minimum absolute atomic E-state index is 0.0267. The fraction of sp³-hybridized carbons (Fsp3) is 0.471. The fourth-order valence-electron chi connectivity index (χ4n) is 2.10. The summed E-state index contributed by atoms with van der Waals surface area (Å²) in [7, 11) is 0. The third-order valence-corrected chi connectivity index (χ3v) is 3.10. The summed E-state index contributed by atoms with van der Waals surface area (Å²) in [6.45, 7) is 5.30. The maximum absolute atomic E-state index is 12.6. The van der Waals surface area contributed by atoms with E-state index in [9.17, 15) is 4.79 Å². The molecule has 0 aliphatic rings. The van der Waals surface area contributed by atoms with E-state index < -0.39 is 0 Å². The molecule has 3 N–H and O–H groups in total. The van der Waals surface area contributed by atoms with E-state index in [1.807, 2.05) is 19.1 Å². The van der Waals surface area contributed by atoms with E-state index in [1.54, 1.807) is 11.0 Å². The summed E-state index contributed by atoms with van der Waals surface area (Å²) < 4.78 is 0. The Bertz CT molecular complexity index is 529. The van der Waals surface area contributed by atoms with E-state index in [0.717, 1.165) is 24.0 Å². The van der Waals surface area contributed by atoms with Gasteiger partial charge in [-0.15, -0.1) is 0 Å². The molecular weight excluding hydrogens is 264 g/mol. The average molecular weight is 288 g/mol. The molecule has 1 aromatic rings. The van der Waals surface area contributed by atoms with Gasteiger partial charge in [0, 0.05) is 24.2 Å². The lowest BCUT2D eigenvalue weighted by molar-refractivity contribution is 0.0719. The van der Waals surface area contributed by atoms with Gasteiger partial charge in [-0.25, -0.2) is 0 Å². The molecule has 0 bridgehead atoms. The number of unbranched alkanes of at least 4 members (excludes halogenated alkanes) is 1. The number of carbonyl (C=O) groups excluding carboxylic acids is 1. The first kappa shape index (κ1) is 17.2. The number of carbonyl (C=O) groups is 1. The maximum Gasteiger partial charge on any atom is 0.253 e. The first-order chi connectivity index (χ1) is 10.1. The second kappa shape index (κ2) is 9.17. The summed E-state index contributed by atoms with van der Waals surface area (Å²) in [6, 6.07) is 5.57.